The van der Waals surface area contributed by atoms with E-state index in [0.29, 0.717) is 17.1 Å². The monoisotopic (exact) mass is 385 g/mol. The van der Waals surface area contributed by atoms with E-state index in [4.69, 9.17) is 11.6 Å². The maximum atomic E-state index is 12.9. The molecule has 140 valence electrons. The Morgan fingerprint density at radius 2 is 1.74 bits per heavy atom. The predicted octanol–water partition coefficient (Wildman–Crippen LogP) is 2.77. The summed E-state index contributed by atoms with van der Waals surface area (Å²) >= 11 is 6.20. The second-order valence-electron chi connectivity index (χ2n) is 6.66. The van der Waals surface area contributed by atoms with Crippen LogP contribution in [0.3, 0.4) is 0 Å². The number of hydrogen-bond acceptors (Lipinski definition) is 3. The Labute approximate surface area is 162 Å². The number of urea groups is 1. The van der Waals surface area contributed by atoms with Crippen LogP contribution in [0.1, 0.15) is 18.1 Å². The van der Waals surface area contributed by atoms with Crippen molar-refractivity contribution in [3.63, 3.8) is 0 Å². The van der Waals surface area contributed by atoms with Crippen LogP contribution in [0.5, 0.6) is 0 Å². The molecule has 0 aliphatic carbocycles. The lowest BCUT2D eigenvalue weighted by Gasteiger charge is -2.24. The molecule has 0 bridgehead atoms. The smallest absolute Gasteiger partial charge is 0.325 e. The zero-order chi connectivity index (χ0) is 19.6. The fourth-order valence-corrected chi connectivity index (χ4v) is 3.42. The Balaban J connectivity index is 1.74. The molecule has 0 spiro atoms. The number of rotatable bonds is 5. The summed E-state index contributed by atoms with van der Waals surface area (Å²) in [5, 5.41) is 3.04. The number of nitrogens with zero attached hydrogens (tertiary/aromatic N) is 2. The van der Waals surface area contributed by atoms with Crippen LogP contribution in [0.4, 0.5) is 4.79 Å². The van der Waals surface area contributed by atoms with Crippen molar-refractivity contribution < 1.29 is 14.4 Å². The second kappa shape index (κ2) is 7.40. The number of halogens is 1. The number of benzene rings is 2. The van der Waals surface area contributed by atoms with Gasteiger partial charge in [-0.05, 0) is 18.6 Å². The van der Waals surface area contributed by atoms with Gasteiger partial charge in [0, 0.05) is 24.2 Å². The number of carbonyl (C=O) groups excluding carboxylic acids is 3. The Morgan fingerprint density at radius 3 is 2.41 bits per heavy atom. The molecule has 1 saturated heterocycles. The molecule has 1 heterocycles. The van der Waals surface area contributed by atoms with Gasteiger partial charge >= 0.3 is 6.03 Å². The van der Waals surface area contributed by atoms with E-state index in [9.17, 15) is 14.4 Å². The molecule has 1 unspecified atom stereocenters. The van der Waals surface area contributed by atoms with Gasteiger partial charge in [-0.1, -0.05) is 60.1 Å². The molecular weight excluding hydrogens is 366 g/mol. The fraction of sp³-hybridized carbons (Fsp3) is 0.250. The minimum atomic E-state index is -1.30. The Morgan fingerprint density at radius 1 is 1.11 bits per heavy atom. The van der Waals surface area contributed by atoms with E-state index in [1.807, 2.05) is 30.3 Å². The lowest BCUT2D eigenvalue weighted by Crippen LogP contribution is -2.43. The van der Waals surface area contributed by atoms with E-state index in [-0.39, 0.29) is 12.5 Å². The van der Waals surface area contributed by atoms with Crippen molar-refractivity contribution in [3.8, 4) is 0 Å². The number of hydrogen-bond donors (Lipinski definition) is 1. The Hall–Kier alpha value is -2.86. The quantitative estimate of drug-likeness (QED) is 0.804. The predicted molar refractivity (Wildman–Crippen MR) is 102 cm³/mol. The molecule has 7 heteroatoms. The Bertz CT molecular complexity index is 887. The molecule has 1 atom stereocenters. The first-order valence-corrected chi connectivity index (χ1v) is 8.87. The van der Waals surface area contributed by atoms with Crippen LogP contribution in [0.15, 0.2) is 54.6 Å². The molecule has 0 aromatic heterocycles. The van der Waals surface area contributed by atoms with Crippen molar-refractivity contribution in [3.05, 3.63) is 70.7 Å². The second-order valence-corrected chi connectivity index (χ2v) is 7.07. The molecule has 6 nitrogen and oxygen atoms in total. The molecule has 4 amide bonds. The summed E-state index contributed by atoms with van der Waals surface area (Å²) in [5.41, 5.74) is 0.164. The Kier molecular flexibility index (Phi) is 5.19. The van der Waals surface area contributed by atoms with Gasteiger partial charge in [-0.25, -0.2) is 4.79 Å². The lowest BCUT2D eigenvalue weighted by molar-refractivity contribution is -0.138. The minimum Gasteiger partial charge on any atom is -0.340 e. The maximum Gasteiger partial charge on any atom is 0.325 e. The van der Waals surface area contributed by atoms with Crippen LogP contribution in [0.2, 0.25) is 5.02 Å². The minimum absolute atomic E-state index is 0.325. The van der Waals surface area contributed by atoms with Crippen LogP contribution < -0.4 is 5.32 Å². The highest BCUT2D eigenvalue weighted by Crippen LogP contribution is 2.33. The topological polar surface area (TPSA) is 69.7 Å². The average molecular weight is 386 g/mol. The van der Waals surface area contributed by atoms with Crippen molar-refractivity contribution in [1.29, 1.82) is 0 Å². The van der Waals surface area contributed by atoms with E-state index in [1.54, 1.807) is 38.2 Å². The van der Waals surface area contributed by atoms with E-state index in [1.165, 1.54) is 4.90 Å². The zero-order valence-corrected chi connectivity index (χ0v) is 15.9. The van der Waals surface area contributed by atoms with Crippen molar-refractivity contribution in [2.24, 2.45) is 0 Å². The number of imide groups is 1. The summed E-state index contributed by atoms with van der Waals surface area (Å²) in [6.07, 6.45) is 0. The van der Waals surface area contributed by atoms with Crippen LogP contribution in [0.25, 0.3) is 0 Å². The molecule has 27 heavy (non-hydrogen) atoms. The maximum absolute atomic E-state index is 12.9. The largest absolute Gasteiger partial charge is 0.340 e. The van der Waals surface area contributed by atoms with Gasteiger partial charge in [0.15, 0.2) is 0 Å². The van der Waals surface area contributed by atoms with Gasteiger partial charge in [0.2, 0.25) is 5.91 Å². The normalized spacial score (nSPS) is 19.1. The lowest BCUT2D eigenvalue weighted by atomic mass is 9.92. The summed E-state index contributed by atoms with van der Waals surface area (Å²) in [6, 6.07) is 15.7. The molecule has 2 aromatic rings. The molecule has 1 fully saturated rings. The van der Waals surface area contributed by atoms with Gasteiger partial charge in [-0.2, -0.15) is 0 Å². The first-order valence-electron chi connectivity index (χ1n) is 8.50. The first-order chi connectivity index (χ1) is 12.8. The third kappa shape index (κ3) is 3.66. The van der Waals surface area contributed by atoms with Crippen molar-refractivity contribution >= 4 is 29.4 Å². The van der Waals surface area contributed by atoms with E-state index >= 15 is 0 Å². The standard InChI is InChI=1S/C20H20ClN3O3/c1-20(15-10-6-7-11-16(15)21)18(26)24(19(27)22-20)13-17(25)23(2)12-14-8-4-3-5-9-14/h3-11H,12-13H2,1-2H3,(H,22,27). The summed E-state index contributed by atoms with van der Waals surface area (Å²) < 4.78 is 0. The van der Waals surface area contributed by atoms with Crippen molar-refractivity contribution in [2.75, 3.05) is 13.6 Å². The molecule has 1 aliphatic heterocycles. The molecule has 1 N–H and O–H groups in total. The molecule has 1 aliphatic rings. The number of amides is 4. The molecule has 2 aromatic carbocycles. The van der Waals surface area contributed by atoms with E-state index in [0.717, 1.165) is 10.5 Å². The van der Waals surface area contributed by atoms with Crippen LogP contribution in [-0.2, 0) is 21.7 Å². The highest BCUT2D eigenvalue weighted by atomic mass is 35.5. The highest BCUT2D eigenvalue weighted by Gasteiger charge is 2.50. The summed E-state index contributed by atoms with van der Waals surface area (Å²) in [5.74, 6) is -0.826. The third-order valence-electron chi connectivity index (χ3n) is 4.67. The number of nitrogens with one attached hydrogen (secondary N) is 1. The van der Waals surface area contributed by atoms with Crippen LogP contribution in [-0.4, -0.2) is 41.2 Å². The fourth-order valence-electron chi connectivity index (χ4n) is 3.09. The summed E-state index contributed by atoms with van der Waals surface area (Å²) in [6.45, 7) is 1.66. The molecule has 0 saturated carbocycles. The molecule has 3 rings (SSSR count). The summed E-state index contributed by atoms with van der Waals surface area (Å²) in [4.78, 5) is 40.3. The van der Waals surface area contributed by atoms with Gasteiger partial charge in [0.25, 0.3) is 5.91 Å². The zero-order valence-electron chi connectivity index (χ0n) is 15.1. The van der Waals surface area contributed by atoms with Crippen molar-refractivity contribution in [2.45, 2.75) is 19.0 Å². The van der Waals surface area contributed by atoms with Crippen LogP contribution >= 0.6 is 11.6 Å². The average Bonchev–Trinajstić information content (AvgIpc) is 2.86. The van der Waals surface area contributed by atoms with Gasteiger partial charge in [-0.15, -0.1) is 0 Å². The van der Waals surface area contributed by atoms with Gasteiger partial charge < -0.3 is 10.2 Å². The third-order valence-corrected chi connectivity index (χ3v) is 5.00. The van der Waals surface area contributed by atoms with E-state index < -0.39 is 17.5 Å². The van der Waals surface area contributed by atoms with Gasteiger partial charge in [0.1, 0.15) is 12.1 Å². The number of carbonyl (C=O) groups is 3. The summed E-state index contributed by atoms with van der Waals surface area (Å²) in [7, 11) is 1.64. The van der Waals surface area contributed by atoms with E-state index in [2.05, 4.69) is 5.32 Å². The van der Waals surface area contributed by atoms with Gasteiger partial charge in [0.05, 0.1) is 0 Å². The van der Waals surface area contributed by atoms with Gasteiger partial charge in [-0.3, -0.25) is 14.5 Å². The highest BCUT2D eigenvalue weighted by molar-refractivity contribution is 6.32. The van der Waals surface area contributed by atoms with Crippen LogP contribution in [0, 0.1) is 0 Å². The molecular formula is C20H20ClN3O3. The molecule has 0 radical (unpaired) electrons. The first kappa shape index (κ1) is 18.9. The van der Waals surface area contributed by atoms with Crippen molar-refractivity contribution in [1.82, 2.24) is 15.1 Å². The SMILES string of the molecule is CN(Cc1ccccc1)C(=O)CN1C(=O)NC(C)(c2ccccc2Cl)C1=O. The number of likely N-dealkylation sites (N-methyl/N-ethyl adjacent to an activating group) is 1.